The normalized spacial score (nSPS) is 31.2. The number of hydrogen-bond acceptors (Lipinski definition) is 4. The van der Waals surface area contributed by atoms with Crippen molar-refractivity contribution >= 4 is 0 Å². The Hall–Kier alpha value is -0.160. The Kier molecular flexibility index (Phi) is 3.29. The fourth-order valence-corrected chi connectivity index (χ4v) is 1.63. The van der Waals surface area contributed by atoms with Gasteiger partial charge >= 0.3 is 0 Å². The van der Waals surface area contributed by atoms with E-state index in [-0.39, 0.29) is 12.0 Å². The van der Waals surface area contributed by atoms with Gasteiger partial charge in [0.2, 0.25) is 0 Å². The average Bonchev–Trinajstić information content (AvgIpc) is 2.30. The molecule has 1 heterocycles. The van der Waals surface area contributed by atoms with Crippen LogP contribution in [0.3, 0.4) is 0 Å². The summed E-state index contributed by atoms with van der Waals surface area (Å²) >= 11 is 0. The van der Waals surface area contributed by atoms with Crippen molar-refractivity contribution < 1.29 is 15.3 Å². The number of hydrogen-bond donors (Lipinski definition) is 3. The molecule has 0 aliphatic carbocycles. The van der Waals surface area contributed by atoms with Gasteiger partial charge in [-0.05, 0) is 0 Å². The van der Waals surface area contributed by atoms with E-state index in [1.54, 1.807) is 0 Å². The van der Waals surface area contributed by atoms with Crippen molar-refractivity contribution in [3.63, 3.8) is 0 Å². The van der Waals surface area contributed by atoms with Crippen LogP contribution in [-0.4, -0.2) is 58.7 Å². The van der Waals surface area contributed by atoms with E-state index in [9.17, 15) is 10.2 Å². The van der Waals surface area contributed by atoms with Gasteiger partial charge in [-0.15, -0.1) is 0 Å². The summed E-state index contributed by atoms with van der Waals surface area (Å²) in [6, 6.07) is 0. The molecule has 2 unspecified atom stereocenters. The predicted octanol–water partition coefficient (Wildman–Crippen LogP) is -0.958. The lowest BCUT2D eigenvalue weighted by Gasteiger charge is -2.27. The highest BCUT2D eigenvalue weighted by Gasteiger charge is 2.32. The maximum atomic E-state index is 9.28. The highest BCUT2D eigenvalue weighted by atomic mass is 16.3. The van der Waals surface area contributed by atoms with E-state index in [1.165, 1.54) is 0 Å². The summed E-state index contributed by atoms with van der Waals surface area (Å²) in [5.74, 6) is 0. The van der Waals surface area contributed by atoms with Crippen LogP contribution in [-0.2, 0) is 0 Å². The number of aliphatic hydroxyl groups excluding tert-OH is 3. The second-order valence-corrected chi connectivity index (χ2v) is 4.65. The molecule has 13 heavy (non-hydrogen) atoms. The first-order valence-corrected chi connectivity index (χ1v) is 4.64. The Morgan fingerprint density at radius 3 is 2.08 bits per heavy atom. The fraction of sp³-hybridized carbons (Fsp3) is 1.00. The lowest BCUT2D eigenvalue weighted by atomic mass is 9.94. The molecular formula is C9H19NO3. The molecular weight excluding hydrogens is 170 g/mol. The van der Waals surface area contributed by atoms with Crippen molar-refractivity contribution in [3.8, 4) is 0 Å². The van der Waals surface area contributed by atoms with Crippen LogP contribution in [0.1, 0.15) is 13.8 Å². The minimum Gasteiger partial charge on any atom is -0.396 e. The molecule has 0 amide bonds. The van der Waals surface area contributed by atoms with Crippen LogP contribution in [0.5, 0.6) is 0 Å². The smallest absolute Gasteiger partial charge is 0.0938 e. The number of β-amino-alcohol motifs (C(OH)–C–C–N with tert-alkyl or cyclic N) is 2. The molecule has 1 rings (SSSR count). The first-order valence-electron chi connectivity index (χ1n) is 4.64. The summed E-state index contributed by atoms with van der Waals surface area (Å²) in [7, 11) is 0. The number of likely N-dealkylation sites (tertiary alicyclic amines) is 1. The van der Waals surface area contributed by atoms with Crippen LogP contribution in [0.25, 0.3) is 0 Å². The van der Waals surface area contributed by atoms with Gasteiger partial charge in [0.25, 0.3) is 0 Å². The van der Waals surface area contributed by atoms with Crippen LogP contribution < -0.4 is 0 Å². The van der Waals surface area contributed by atoms with Crippen LogP contribution in [0.4, 0.5) is 0 Å². The lowest BCUT2D eigenvalue weighted by Crippen LogP contribution is -2.35. The van der Waals surface area contributed by atoms with E-state index in [4.69, 9.17) is 5.11 Å². The summed E-state index contributed by atoms with van der Waals surface area (Å²) in [5.41, 5.74) is -0.163. The number of nitrogens with zero attached hydrogens (tertiary/aromatic N) is 1. The zero-order valence-corrected chi connectivity index (χ0v) is 8.27. The molecule has 0 aromatic carbocycles. The van der Waals surface area contributed by atoms with E-state index in [0.717, 1.165) is 0 Å². The van der Waals surface area contributed by atoms with Gasteiger partial charge in [0.1, 0.15) is 0 Å². The third kappa shape index (κ3) is 2.91. The van der Waals surface area contributed by atoms with E-state index in [0.29, 0.717) is 19.6 Å². The van der Waals surface area contributed by atoms with Crippen molar-refractivity contribution in [1.82, 2.24) is 4.90 Å². The van der Waals surface area contributed by atoms with E-state index >= 15 is 0 Å². The summed E-state index contributed by atoms with van der Waals surface area (Å²) in [6.45, 7) is 5.76. The van der Waals surface area contributed by atoms with Gasteiger partial charge in [-0.25, -0.2) is 0 Å². The van der Waals surface area contributed by atoms with Gasteiger partial charge in [-0.1, -0.05) is 13.8 Å². The molecule has 4 heteroatoms. The third-order valence-corrected chi connectivity index (χ3v) is 2.41. The first-order chi connectivity index (χ1) is 5.94. The molecule has 0 radical (unpaired) electrons. The molecule has 0 spiro atoms. The van der Waals surface area contributed by atoms with Gasteiger partial charge < -0.3 is 15.3 Å². The maximum absolute atomic E-state index is 9.28. The highest BCUT2D eigenvalue weighted by Crippen LogP contribution is 2.19. The summed E-state index contributed by atoms with van der Waals surface area (Å²) in [4.78, 5) is 1.98. The number of aliphatic hydroxyl groups is 3. The maximum Gasteiger partial charge on any atom is 0.0938 e. The lowest BCUT2D eigenvalue weighted by molar-refractivity contribution is 0.0572. The number of rotatable bonds is 3. The molecule has 0 aromatic rings. The molecule has 1 aliphatic rings. The van der Waals surface area contributed by atoms with Crippen molar-refractivity contribution in [2.75, 3.05) is 26.2 Å². The van der Waals surface area contributed by atoms with E-state index in [1.807, 2.05) is 18.7 Å². The van der Waals surface area contributed by atoms with Crippen LogP contribution in [0, 0.1) is 5.41 Å². The van der Waals surface area contributed by atoms with Crippen molar-refractivity contribution in [3.05, 3.63) is 0 Å². The van der Waals surface area contributed by atoms with Crippen molar-refractivity contribution in [2.24, 2.45) is 5.41 Å². The largest absolute Gasteiger partial charge is 0.396 e. The molecule has 1 aliphatic heterocycles. The topological polar surface area (TPSA) is 63.9 Å². The molecule has 2 atom stereocenters. The van der Waals surface area contributed by atoms with Crippen LogP contribution >= 0.6 is 0 Å². The van der Waals surface area contributed by atoms with E-state index in [2.05, 4.69) is 0 Å². The van der Waals surface area contributed by atoms with Gasteiger partial charge in [-0.3, -0.25) is 4.90 Å². The summed E-state index contributed by atoms with van der Waals surface area (Å²) < 4.78 is 0. The zero-order chi connectivity index (χ0) is 10.1. The van der Waals surface area contributed by atoms with Crippen LogP contribution in [0.15, 0.2) is 0 Å². The average molecular weight is 189 g/mol. The first kappa shape index (κ1) is 10.9. The third-order valence-electron chi connectivity index (χ3n) is 2.41. The highest BCUT2D eigenvalue weighted by molar-refractivity contribution is 4.86. The second kappa shape index (κ2) is 3.92. The predicted molar refractivity (Wildman–Crippen MR) is 49.3 cm³/mol. The Bertz CT molecular complexity index is 162. The molecule has 0 bridgehead atoms. The van der Waals surface area contributed by atoms with Crippen molar-refractivity contribution in [1.29, 1.82) is 0 Å². The molecule has 0 saturated carbocycles. The Morgan fingerprint density at radius 1 is 1.23 bits per heavy atom. The van der Waals surface area contributed by atoms with Gasteiger partial charge in [0.05, 0.1) is 12.2 Å². The summed E-state index contributed by atoms with van der Waals surface area (Å²) in [6.07, 6.45) is -1.26. The zero-order valence-electron chi connectivity index (χ0n) is 8.27. The molecule has 0 aromatic heterocycles. The summed E-state index contributed by atoms with van der Waals surface area (Å²) in [5, 5.41) is 27.6. The van der Waals surface area contributed by atoms with Gasteiger partial charge in [0.15, 0.2) is 0 Å². The SMILES string of the molecule is CC(C)(CO)CN1CC(O)C(O)C1. The standard InChI is InChI=1S/C9H19NO3/c1-9(2,6-11)5-10-3-7(12)8(13)4-10/h7-8,11-13H,3-6H2,1-2H3. The minimum absolute atomic E-state index is 0.121. The monoisotopic (exact) mass is 189 g/mol. The quantitative estimate of drug-likeness (QED) is 0.535. The second-order valence-electron chi connectivity index (χ2n) is 4.65. The van der Waals surface area contributed by atoms with Crippen LogP contribution in [0.2, 0.25) is 0 Å². The Morgan fingerprint density at radius 2 is 1.69 bits per heavy atom. The molecule has 4 nitrogen and oxygen atoms in total. The van der Waals surface area contributed by atoms with Crippen molar-refractivity contribution in [2.45, 2.75) is 26.1 Å². The van der Waals surface area contributed by atoms with Gasteiger partial charge in [-0.2, -0.15) is 0 Å². The fourth-order valence-electron chi connectivity index (χ4n) is 1.63. The van der Waals surface area contributed by atoms with E-state index < -0.39 is 12.2 Å². The van der Waals surface area contributed by atoms with Gasteiger partial charge in [0, 0.05) is 31.7 Å². The Balaban J connectivity index is 2.40. The molecule has 1 saturated heterocycles. The Labute approximate surface area is 78.8 Å². The minimum atomic E-state index is -0.630. The molecule has 1 fully saturated rings. The molecule has 3 N–H and O–H groups in total. The molecule has 78 valence electrons.